The predicted octanol–water partition coefficient (Wildman–Crippen LogP) is 2.65. The van der Waals surface area contributed by atoms with Crippen LogP contribution < -0.4 is 15.0 Å². The fourth-order valence-corrected chi connectivity index (χ4v) is 3.21. The van der Waals surface area contributed by atoms with Crippen molar-refractivity contribution in [2.45, 2.75) is 32.3 Å². The molecule has 1 N–H and O–H groups in total. The first-order valence-electron chi connectivity index (χ1n) is 10.00. The van der Waals surface area contributed by atoms with Gasteiger partial charge in [0.2, 0.25) is 5.91 Å². The van der Waals surface area contributed by atoms with Gasteiger partial charge in [-0.25, -0.2) is 0 Å². The predicted molar refractivity (Wildman–Crippen MR) is 112 cm³/mol. The minimum atomic E-state index is -0.964. The van der Waals surface area contributed by atoms with Gasteiger partial charge < -0.3 is 14.8 Å². The van der Waals surface area contributed by atoms with E-state index in [2.05, 4.69) is 5.32 Å². The average Bonchev–Trinajstić information content (AvgIpc) is 2.91. The molecule has 2 aromatic rings. The molecule has 7 nitrogen and oxygen atoms in total. The van der Waals surface area contributed by atoms with E-state index in [4.69, 9.17) is 9.47 Å². The van der Waals surface area contributed by atoms with Crippen LogP contribution in [0.5, 0.6) is 5.75 Å². The zero-order valence-electron chi connectivity index (χ0n) is 17.2. The van der Waals surface area contributed by atoms with Gasteiger partial charge in [0.05, 0.1) is 18.7 Å². The second kappa shape index (κ2) is 9.91. The van der Waals surface area contributed by atoms with Gasteiger partial charge in [0.15, 0.2) is 6.10 Å². The quantitative estimate of drug-likeness (QED) is 0.710. The van der Waals surface area contributed by atoms with Crippen LogP contribution in [-0.2, 0) is 19.1 Å². The Labute approximate surface area is 176 Å². The summed E-state index contributed by atoms with van der Waals surface area (Å²) in [5.74, 6) is -0.595. The van der Waals surface area contributed by atoms with Crippen molar-refractivity contribution in [3.05, 3.63) is 60.2 Å². The standard InChI is InChI=1S/C23H26N2O5/c1-16(18-8-4-3-5-9-18)14-24-23(28)17(2)30-22(27)15-25-19-10-6-7-11-20(19)29-13-12-21(25)26/h3-11,16-17H,12-15H2,1-2H3,(H,24,28)/t16-,17-/m1/s1. The third-order valence-corrected chi connectivity index (χ3v) is 4.95. The highest BCUT2D eigenvalue weighted by molar-refractivity contribution is 5.99. The molecule has 30 heavy (non-hydrogen) atoms. The van der Waals surface area contributed by atoms with Crippen molar-refractivity contribution >= 4 is 23.5 Å². The third-order valence-electron chi connectivity index (χ3n) is 4.95. The molecule has 0 fully saturated rings. The molecule has 2 amide bonds. The third kappa shape index (κ3) is 5.37. The summed E-state index contributed by atoms with van der Waals surface area (Å²) in [5, 5.41) is 2.81. The minimum absolute atomic E-state index is 0.129. The number of amides is 2. The number of hydrogen-bond acceptors (Lipinski definition) is 5. The monoisotopic (exact) mass is 410 g/mol. The summed E-state index contributed by atoms with van der Waals surface area (Å²) in [6.45, 7) is 3.93. The highest BCUT2D eigenvalue weighted by Gasteiger charge is 2.27. The van der Waals surface area contributed by atoms with Gasteiger partial charge in [0.25, 0.3) is 5.91 Å². The molecular formula is C23H26N2O5. The van der Waals surface area contributed by atoms with E-state index >= 15 is 0 Å². The molecule has 0 unspecified atom stereocenters. The number of esters is 1. The molecule has 1 heterocycles. The van der Waals surface area contributed by atoms with Gasteiger partial charge in [-0.15, -0.1) is 0 Å². The van der Waals surface area contributed by atoms with Crippen LogP contribution in [0.2, 0.25) is 0 Å². The summed E-state index contributed by atoms with van der Waals surface area (Å²) < 4.78 is 10.8. The largest absolute Gasteiger partial charge is 0.491 e. The van der Waals surface area contributed by atoms with Crippen LogP contribution in [0.3, 0.4) is 0 Å². The first-order valence-corrected chi connectivity index (χ1v) is 10.00. The summed E-state index contributed by atoms with van der Waals surface area (Å²) in [5.41, 5.74) is 1.63. The molecule has 2 atom stereocenters. The van der Waals surface area contributed by atoms with Crippen LogP contribution in [0.25, 0.3) is 0 Å². The lowest BCUT2D eigenvalue weighted by Crippen LogP contribution is -2.41. The molecule has 7 heteroatoms. The van der Waals surface area contributed by atoms with E-state index in [0.29, 0.717) is 18.0 Å². The molecule has 2 aromatic carbocycles. The van der Waals surface area contributed by atoms with Crippen LogP contribution in [0.15, 0.2) is 54.6 Å². The Bertz CT molecular complexity index is 899. The number of benzene rings is 2. The fourth-order valence-electron chi connectivity index (χ4n) is 3.21. The molecular weight excluding hydrogens is 384 g/mol. The fraction of sp³-hybridized carbons (Fsp3) is 0.348. The first-order chi connectivity index (χ1) is 14.5. The number of anilines is 1. The number of rotatable bonds is 7. The van der Waals surface area contributed by atoms with E-state index in [1.807, 2.05) is 37.3 Å². The lowest BCUT2D eigenvalue weighted by Gasteiger charge is -2.22. The van der Waals surface area contributed by atoms with Crippen LogP contribution in [0.1, 0.15) is 31.7 Å². The summed E-state index contributed by atoms with van der Waals surface area (Å²) in [4.78, 5) is 38.5. The highest BCUT2D eigenvalue weighted by Crippen LogP contribution is 2.30. The van der Waals surface area contributed by atoms with Crippen molar-refractivity contribution in [1.82, 2.24) is 5.32 Å². The second-order valence-corrected chi connectivity index (χ2v) is 7.24. The maximum Gasteiger partial charge on any atom is 0.326 e. The van der Waals surface area contributed by atoms with Crippen LogP contribution in [-0.4, -0.2) is 43.6 Å². The molecule has 0 radical (unpaired) electrons. The van der Waals surface area contributed by atoms with Crippen LogP contribution >= 0.6 is 0 Å². The molecule has 1 aliphatic heterocycles. The molecule has 0 aromatic heterocycles. The van der Waals surface area contributed by atoms with Crippen molar-refractivity contribution in [2.24, 2.45) is 0 Å². The maximum absolute atomic E-state index is 12.4. The number of nitrogens with zero attached hydrogens (tertiary/aromatic N) is 1. The Morgan fingerprint density at radius 1 is 1.10 bits per heavy atom. The van der Waals surface area contributed by atoms with E-state index in [1.165, 1.54) is 11.8 Å². The smallest absolute Gasteiger partial charge is 0.326 e. The van der Waals surface area contributed by atoms with E-state index in [1.54, 1.807) is 24.3 Å². The summed E-state index contributed by atoms with van der Waals surface area (Å²) in [7, 11) is 0. The van der Waals surface area contributed by atoms with Gasteiger partial charge >= 0.3 is 5.97 Å². The van der Waals surface area contributed by atoms with Crippen molar-refractivity contribution in [3.63, 3.8) is 0 Å². The second-order valence-electron chi connectivity index (χ2n) is 7.24. The zero-order valence-corrected chi connectivity index (χ0v) is 17.2. The van der Waals surface area contributed by atoms with E-state index < -0.39 is 12.1 Å². The zero-order chi connectivity index (χ0) is 21.5. The highest BCUT2D eigenvalue weighted by atomic mass is 16.5. The number of hydrogen-bond donors (Lipinski definition) is 1. The Hall–Kier alpha value is -3.35. The van der Waals surface area contributed by atoms with Gasteiger partial charge in [0.1, 0.15) is 12.3 Å². The van der Waals surface area contributed by atoms with E-state index in [-0.39, 0.29) is 37.3 Å². The number of ether oxygens (including phenoxy) is 2. The SMILES string of the molecule is C[C@H](CNC(=O)[C@@H](C)OC(=O)CN1C(=O)CCOc2ccccc21)c1ccccc1. The maximum atomic E-state index is 12.4. The Balaban J connectivity index is 1.54. The molecule has 158 valence electrons. The van der Waals surface area contributed by atoms with Gasteiger partial charge in [-0.1, -0.05) is 49.4 Å². The topological polar surface area (TPSA) is 84.9 Å². The van der Waals surface area contributed by atoms with Gasteiger partial charge in [-0.3, -0.25) is 19.3 Å². The van der Waals surface area contributed by atoms with Gasteiger partial charge in [-0.05, 0) is 30.5 Å². The molecule has 0 saturated heterocycles. The Kier molecular flexibility index (Phi) is 7.06. The molecule has 0 saturated carbocycles. The summed E-state index contributed by atoms with van der Waals surface area (Å²) in [6, 6.07) is 16.9. The lowest BCUT2D eigenvalue weighted by atomic mass is 10.0. The van der Waals surface area contributed by atoms with Crippen LogP contribution in [0.4, 0.5) is 5.69 Å². The van der Waals surface area contributed by atoms with E-state index in [9.17, 15) is 14.4 Å². The number of nitrogens with one attached hydrogen (secondary N) is 1. The molecule has 0 aliphatic carbocycles. The van der Waals surface area contributed by atoms with Gasteiger partial charge in [0, 0.05) is 6.54 Å². The van der Waals surface area contributed by atoms with Crippen molar-refractivity contribution in [3.8, 4) is 5.75 Å². The Morgan fingerprint density at radius 2 is 1.80 bits per heavy atom. The van der Waals surface area contributed by atoms with Crippen LogP contribution in [0, 0.1) is 0 Å². The summed E-state index contributed by atoms with van der Waals surface area (Å²) >= 11 is 0. The average molecular weight is 410 g/mol. The Morgan fingerprint density at radius 3 is 2.57 bits per heavy atom. The molecule has 0 bridgehead atoms. The van der Waals surface area contributed by atoms with E-state index in [0.717, 1.165) is 5.56 Å². The minimum Gasteiger partial charge on any atom is -0.491 e. The number of carbonyl (C=O) groups is 3. The van der Waals surface area contributed by atoms with Crippen molar-refractivity contribution in [2.75, 3.05) is 24.6 Å². The molecule has 3 rings (SSSR count). The number of fused-ring (bicyclic) bond motifs is 1. The lowest BCUT2D eigenvalue weighted by molar-refractivity contribution is -0.153. The number of carbonyl (C=O) groups excluding carboxylic acids is 3. The number of para-hydroxylation sites is 2. The van der Waals surface area contributed by atoms with Crippen molar-refractivity contribution in [1.29, 1.82) is 0 Å². The first kappa shape index (κ1) is 21.4. The molecule has 0 spiro atoms. The summed E-state index contributed by atoms with van der Waals surface area (Å²) in [6.07, 6.45) is -0.802. The normalized spacial score (nSPS) is 15.3. The van der Waals surface area contributed by atoms with Gasteiger partial charge in [-0.2, -0.15) is 0 Å². The molecule has 1 aliphatic rings. The van der Waals surface area contributed by atoms with Crippen molar-refractivity contribution < 1.29 is 23.9 Å².